The molecule has 0 radical (unpaired) electrons. The van der Waals surface area contributed by atoms with Crippen LogP contribution in [0.15, 0.2) is 51.9 Å². The summed E-state index contributed by atoms with van der Waals surface area (Å²) in [6.45, 7) is 5.26. The molecule has 1 saturated carbocycles. The Morgan fingerprint density at radius 3 is 2.71 bits per heavy atom. The van der Waals surface area contributed by atoms with E-state index in [-0.39, 0.29) is 29.2 Å². The summed E-state index contributed by atoms with van der Waals surface area (Å²) in [5.74, 6) is 0.598. The molecule has 1 atom stereocenters. The Morgan fingerprint density at radius 2 is 1.97 bits per heavy atom. The number of aromatic nitrogens is 1. The lowest BCUT2D eigenvalue weighted by Crippen LogP contribution is -2.43. The number of carbonyl (C=O) groups excluding carboxylic acids is 2. The molecule has 0 bridgehead atoms. The zero-order valence-electron chi connectivity index (χ0n) is 19.8. The summed E-state index contributed by atoms with van der Waals surface area (Å²) in [6, 6.07) is 12.1. The number of carbonyl (C=O) groups is 2. The van der Waals surface area contributed by atoms with Gasteiger partial charge in [-0.2, -0.15) is 0 Å². The highest BCUT2D eigenvalue weighted by Crippen LogP contribution is 2.34. The number of halogens is 1. The molecule has 2 aromatic carbocycles. The summed E-state index contributed by atoms with van der Waals surface area (Å²) >= 11 is 0. The maximum Gasteiger partial charge on any atom is 0.255 e. The van der Waals surface area contributed by atoms with Crippen LogP contribution in [0.1, 0.15) is 38.7 Å². The summed E-state index contributed by atoms with van der Waals surface area (Å²) in [5, 5.41) is 0. The molecular weight excluding hydrogens is 447 g/mol. The molecule has 3 aromatic rings. The molecule has 3 aliphatic rings. The molecule has 1 aliphatic carbocycles. The fourth-order valence-corrected chi connectivity index (χ4v) is 5.03. The summed E-state index contributed by atoms with van der Waals surface area (Å²) in [6.07, 6.45) is 2.79. The first-order valence-electron chi connectivity index (χ1n) is 12.2. The molecular formula is C27H27FN4O3. The third-order valence-corrected chi connectivity index (χ3v) is 7.13. The van der Waals surface area contributed by atoms with Gasteiger partial charge in [0.15, 0.2) is 5.58 Å². The van der Waals surface area contributed by atoms with Crippen LogP contribution < -0.4 is 0 Å². The van der Waals surface area contributed by atoms with Crippen molar-refractivity contribution in [2.45, 2.75) is 38.6 Å². The minimum atomic E-state index is -0.969. The van der Waals surface area contributed by atoms with E-state index >= 15 is 4.39 Å². The molecule has 3 heterocycles. The highest BCUT2D eigenvalue weighted by molar-refractivity contribution is 6.15. The zero-order chi connectivity index (χ0) is 24.3. The minimum Gasteiger partial charge on any atom is -0.436 e. The van der Waals surface area contributed by atoms with Gasteiger partial charge in [-0.05, 0) is 69.4 Å². The normalized spacial score (nSPS) is 21.7. The van der Waals surface area contributed by atoms with Crippen LogP contribution in [0.4, 0.5) is 4.39 Å². The van der Waals surface area contributed by atoms with Crippen molar-refractivity contribution >= 4 is 28.7 Å². The van der Waals surface area contributed by atoms with Crippen LogP contribution in [-0.4, -0.2) is 57.6 Å². The number of amidine groups is 1. The van der Waals surface area contributed by atoms with Gasteiger partial charge in [-0.1, -0.05) is 12.1 Å². The zero-order valence-corrected chi connectivity index (χ0v) is 19.8. The van der Waals surface area contributed by atoms with Gasteiger partial charge in [-0.15, -0.1) is 0 Å². The van der Waals surface area contributed by atoms with Crippen molar-refractivity contribution in [3.8, 4) is 11.5 Å². The van der Waals surface area contributed by atoms with Crippen molar-refractivity contribution in [2.75, 3.05) is 19.6 Å². The third kappa shape index (κ3) is 3.90. The van der Waals surface area contributed by atoms with Crippen molar-refractivity contribution in [2.24, 2.45) is 16.8 Å². The Kier molecular flexibility index (Phi) is 5.02. The van der Waals surface area contributed by atoms with Crippen molar-refractivity contribution in [1.82, 2.24) is 14.8 Å². The van der Waals surface area contributed by atoms with Gasteiger partial charge in [0.1, 0.15) is 22.7 Å². The van der Waals surface area contributed by atoms with Crippen LogP contribution in [0.25, 0.3) is 22.6 Å². The van der Waals surface area contributed by atoms with Crippen molar-refractivity contribution < 1.29 is 18.4 Å². The molecule has 1 saturated heterocycles. The molecule has 35 heavy (non-hydrogen) atoms. The van der Waals surface area contributed by atoms with Crippen LogP contribution in [0.3, 0.4) is 0 Å². The average molecular weight is 475 g/mol. The molecule has 1 aromatic heterocycles. The number of hydrogen-bond donors (Lipinski definition) is 0. The molecule has 0 spiro atoms. The Hall–Kier alpha value is -3.55. The van der Waals surface area contributed by atoms with E-state index in [9.17, 15) is 9.59 Å². The third-order valence-electron chi connectivity index (χ3n) is 7.13. The maximum atomic E-state index is 15.4. The van der Waals surface area contributed by atoms with Gasteiger partial charge in [0.25, 0.3) is 5.91 Å². The number of nitrogens with zero attached hydrogens (tertiary/aromatic N) is 4. The molecule has 2 amide bonds. The highest BCUT2D eigenvalue weighted by atomic mass is 19.1. The van der Waals surface area contributed by atoms with Gasteiger partial charge in [-0.25, -0.2) is 9.37 Å². The van der Waals surface area contributed by atoms with Gasteiger partial charge in [0.2, 0.25) is 11.8 Å². The first kappa shape index (κ1) is 21.9. The van der Waals surface area contributed by atoms with E-state index in [2.05, 4.69) is 9.98 Å². The van der Waals surface area contributed by atoms with Crippen molar-refractivity contribution in [3.63, 3.8) is 0 Å². The lowest BCUT2D eigenvalue weighted by molar-refractivity contribution is -0.131. The van der Waals surface area contributed by atoms with Gasteiger partial charge in [-0.3, -0.25) is 19.5 Å². The van der Waals surface area contributed by atoms with Gasteiger partial charge in [0.05, 0.1) is 5.56 Å². The van der Waals surface area contributed by atoms with Gasteiger partial charge in [0, 0.05) is 31.1 Å². The summed E-state index contributed by atoms with van der Waals surface area (Å²) in [4.78, 5) is 38.3. The summed E-state index contributed by atoms with van der Waals surface area (Å²) in [5.41, 5.74) is 1.16. The SMILES string of the molecule is CC1(C)N=C(c2ccc(-c3nc4ccccc4o3)cc2F)N(C[C@@H]2CCN(C(=O)C3CC3)C2)C1=O. The monoisotopic (exact) mass is 474 g/mol. The van der Waals surface area contributed by atoms with E-state index in [1.807, 2.05) is 29.2 Å². The topological polar surface area (TPSA) is 79.0 Å². The number of oxazole rings is 1. The molecule has 0 unspecified atom stereocenters. The van der Waals surface area contributed by atoms with Crippen LogP contribution in [-0.2, 0) is 9.59 Å². The summed E-state index contributed by atoms with van der Waals surface area (Å²) in [7, 11) is 0. The lowest BCUT2D eigenvalue weighted by Gasteiger charge is -2.24. The first-order chi connectivity index (χ1) is 16.8. The number of para-hydroxylation sites is 2. The van der Waals surface area contributed by atoms with Crippen LogP contribution >= 0.6 is 0 Å². The van der Waals surface area contributed by atoms with Crippen LogP contribution in [0, 0.1) is 17.7 Å². The number of benzene rings is 2. The molecule has 0 N–H and O–H groups in total. The number of likely N-dealkylation sites (tertiary alicyclic amines) is 1. The van der Waals surface area contributed by atoms with Crippen molar-refractivity contribution in [1.29, 1.82) is 0 Å². The van der Waals surface area contributed by atoms with E-state index in [0.717, 1.165) is 19.3 Å². The predicted molar refractivity (Wildman–Crippen MR) is 129 cm³/mol. The van der Waals surface area contributed by atoms with E-state index in [1.54, 1.807) is 30.9 Å². The lowest BCUT2D eigenvalue weighted by atomic mass is 10.0. The highest BCUT2D eigenvalue weighted by Gasteiger charge is 2.44. The number of aliphatic imine (C=N–C) groups is 1. The summed E-state index contributed by atoms with van der Waals surface area (Å²) < 4.78 is 21.2. The van der Waals surface area contributed by atoms with E-state index in [0.29, 0.717) is 48.0 Å². The molecule has 6 rings (SSSR count). The van der Waals surface area contributed by atoms with Gasteiger partial charge < -0.3 is 9.32 Å². The Bertz CT molecular complexity index is 1340. The molecule has 180 valence electrons. The van der Waals surface area contributed by atoms with Crippen molar-refractivity contribution in [3.05, 3.63) is 53.8 Å². The van der Waals surface area contributed by atoms with Gasteiger partial charge >= 0.3 is 0 Å². The maximum absolute atomic E-state index is 15.4. The smallest absolute Gasteiger partial charge is 0.255 e. The minimum absolute atomic E-state index is 0.142. The standard InChI is InChI=1S/C27H27FN4O3/c1-27(2)26(34)32(15-16-11-12-31(14-16)25(33)17-7-8-17)23(30-27)19-10-9-18(13-20(19)28)24-29-21-5-3-4-6-22(21)35-24/h3-6,9-10,13,16-17H,7-8,11-12,14-15H2,1-2H3/t16-/m1/s1. The molecule has 2 fully saturated rings. The average Bonchev–Trinajstić information content (AvgIpc) is 3.35. The Labute approximate surface area is 202 Å². The number of rotatable bonds is 5. The molecule has 7 nitrogen and oxygen atoms in total. The fourth-order valence-electron chi connectivity index (χ4n) is 5.03. The molecule has 8 heteroatoms. The number of hydrogen-bond acceptors (Lipinski definition) is 5. The second-order valence-corrected chi connectivity index (χ2v) is 10.3. The first-order valence-corrected chi connectivity index (χ1v) is 12.2. The van der Waals surface area contributed by atoms with Crippen LogP contribution in [0.5, 0.6) is 0 Å². The second-order valence-electron chi connectivity index (χ2n) is 10.3. The van der Waals surface area contributed by atoms with E-state index in [4.69, 9.17) is 4.42 Å². The Morgan fingerprint density at radius 1 is 1.17 bits per heavy atom. The van der Waals surface area contributed by atoms with E-state index in [1.165, 1.54) is 6.07 Å². The predicted octanol–water partition coefficient (Wildman–Crippen LogP) is 4.26. The Balaban J connectivity index is 1.26. The fraction of sp³-hybridized carbons (Fsp3) is 0.407. The largest absolute Gasteiger partial charge is 0.436 e. The quantitative estimate of drug-likeness (QED) is 0.554. The number of fused-ring (bicyclic) bond motifs is 1. The second kappa shape index (κ2) is 8.00. The van der Waals surface area contributed by atoms with E-state index < -0.39 is 11.4 Å². The van der Waals surface area contributed by atoms with Crippen LogP contribution in [0.2, 0.25) is 0 Å². The molecule has 2 aliphatic heterocycles. The number of amides is 2.